The molecule has 0 radical (unpaired) electrons. The van der Waals surface area contributed by atoms with E-state index >= 15 is 4.39 Å². The van der Waals surface area contributed by atoms with Crippen molar-refractivity contribution in [1.82, 2.24) is 15.3 Å². The van der Waals surface area contributed by atoms with Crippen molar-refractivity contribution < 1.29 is 4.39 Å². The zero-order valence-corrected chi connectivity index (χ0v) is 25.9. The molecule has 0 fully saturated rings. The van der Waals surface area contributed by atoms with Gasteiger partial charge in [0.05, 0.1) is 5.69 Å². The monoisotopic (exact) mass is 584 g/mol. The molecule has 1 aliphatic rings. The minimum atomic E-state index is -0.313. The van der Waals surface area contributed by atoms with Gasteiger partial charge in [-0.1, -0.05) is 86.5 Å². The predicted molar refractivity (Wildman–Crippen MR) is 186 cm³/mol. The number of anilines is 1. The lowest BCUT2D eigenvalue weighted by Crippen LogP contribution is -2.12. The maximum absolute atomic E-state index is 15.5. The highest BCUT2D eigenvalue weighted by atomic mass is 19.1. The first-order chi connectivity index (χ1) is 21.4. The van der Waals surface area contributed by atoms with Gasteiger partial charge in [-0.3, -0.25) is 0 Å². The van der Waals surface area contributed by atoms with Crippen molar-refractivity contribution in [3.8, 4) is 12.8 Å². The highest BCUT2D eigenvalue weighted by Gasteiger charge is 2.18. The molecule has 44 heavy (non-hydrogen) atoms. The largest absolute Gasteiger partial charge is 0.388 e. The summed E-state index contributed by atoms with van der Waals surface area (Å²) in [6.07, 6.45) is 25.8. The highest BCUT2D eigenvalue weighted by Crippen LogP contribution is 2.31. The predicted octanol–water partition coefficient (Wildman–Crippen LogP) is 9.01. The van der Waals surface area contributed by atoms with Crippen LogP contribution in [-0.4, -0.2) is 17.0 Å². The number of allylic oxidation sites excluding steroid dienone is 12. The van der Waals surface area contributed by atoms with Gasteiger partial charge in [0.15, 0.2) is 0 Å². The van der Waals surface area contributed by atoms with E-state index in [1.165, 1.54) is 0 Å². The first kappa shape index (κ1) is 33.2. The molecule has 4 rings (SSSR count). The molecule has 1 aliphatic carbocycles. The lowest BCUT2D eigenvalue weighted by molar-refractivity contribution is 0.624. The average molecular weight is 585 g/mol. The average Bonchev–Trinajstić information content (AvgIpc) is 3.70. The van der Waals surface area contributed by atoms with Crippen LogP contribution in [0.4, 0.5) is 10.1 Å². The SMILES string of the molecule is C#C.C=C/C=C(/C1=CCC=C1)c1nc(Cc2cc(C(/C=C(\C=C)NC(=C)Cc3ccccc3)=C/C)c(F)cc2NC)[nH]c1C. The smallest absolute Gasteiger partial charge is 0.133 e. The summed E-state index contributed by atoms with van der Waals surface area (Å²) >= 11 is 0. The van der Waals surface area contributed by atoms with E-state index in [2.05, 4.69) is 78.6 Å². The third kappa shape index (κ3) is 8.36. The number of hydrogen-bond donors (Lipinski definition) is 3. The molecule has 224 valence electrons. The van der Waals surface area contributed by atoms with Crippen molar-refractivity contribution in [2.75, 3.05) is 12.4 Å². The summed E-state index contributed by atoms with van der Waals surface area (Å²) in [7, 11) is 1.80. The summed E-state index contributed by atoms with van der Waals surface area (Å²) in [4.78, 5) is 8.41. The number of benzene rings is 2. The van der Waals surface area contributed by atoms with E-state index in [1.54, 1.807) is 25.3 Å². The second-order valence-corrected chi connectivity index (χ2v) is 10.1. The zero-order valence-electron chi connectivity index (χ0n) is 25.9. The van der Waals surface area contributed by atoms with Gasteiger partial charge in [0.1, 0.15) is 11.6 Å². The van der Waals surface area contributed by atoms with Gasteiger partial charge in [-0.25, -0.2) is 9.37 Å². The number of aromatic amines is 1. The van der Waals surface area contributed by atoms with E-state index in [4.69, 9.17) is 4.98 Å². The van der Waals surface area contributed by atoms with E-state index < -0.39 is 0 Å². The van der Waals surface area contributed by atoms with Gasteiger partial charge in [-0.05, 0) is 66.8 Å². The Morgan fingerprint density at radius 3 is 2.52 bits per heavy atom. The minimum Gasteiger partial charge on any atom is -0.388 e. The maximum atomic E-state index is 15.5. The van der Waals surface area contributed by atoms with Crippen LogP contribution in [0.15, 0.2) is 128 Å². The minimum absolute atomic E-state index is 0.313. The Morgan fingerprint density at radius 1 is 1.16 bits per heavy atom. The van der Waals surface area contributed by atoms with Crippen LogP contribution < -0.4 is 10.6 Å². The molecule has 0 saturated heterocycles. The molecule has 1 heterocycles. The molecule has 1 aromatic heterocycles. The Bertz CT molecular complexity index is 1670. The molecule has 4 nitrogen and oxygen atoms in total. The Morgan fingerprint density at radius 2 is 1.91 bits per heavy atom. The Hall–Kier alpha value is -5.34. The fourth-order valence-corrected chi connectivity index (χ4v) is 5.08. The normalized spacial score (nSPS) is 13.0. The van der Waals surface area contributed by atoms with Crippen molar-refractivity contribution in [3.05, 3.63) is 167 Å². The Labute approximate surface area is 261 Å². The van der Waals surface area contributed by atoms with E-state index in [0.717, 1.165) is 62.9 Å². The summed E-state index contributed by atoms with van der Waals surface area (Å²) in [5.41, 5.74) is 9.64. The molecule has 0 saturated carbocycles. The van der Waals surface area contributed by atoms with Crippen molar-refractivity contribution in [1.29, 1.82) is 0 Å². The van der Waals surface area contributed by atoms with Crippen molar-refractivity contribution in [3.63, 3.8) is 0 Å². The second kappa shape index (κ2) is 16.3. The van der Waals surface area contributed by atoms with Gasteiger partial charge in [0.2, 0.25) is 0 Å². The third-order valence-corrected chi connectivity index (χ3v) is 7.11. The third-order valence-electron chi connectivity index (χ3n) is 7.11. The van der Waals surface area contributed by atoms with Gasteiger partial charge in [0.25, 0.3) is 0 Å². The van der Waals surface area contributed by atoms with Crippen LogP contribution in [0.2, 0.25) is 0 Å². The van der Waals surface area contributed by atoms with Gasteiger partial charge in [-0.2, -0.15) is 0 Å². The number of aryl methyl sites for hydroxylation is 1. The Kier molecular flexibility index (Phi) is 12.3. The molecule has 3 N–H and O–H groups in total. The van der Waals surface area contributed by atoms with Gasteiger partial charge >= 0.3 is 0 Å². The van der Waals surface area contributed by atoms with Gasteiger partial charge < -0.3 is 15.6 Å². The highest BCUT2D eigenvalue weighted by molar-refractivity contribution is 5.83. The molecule has 2 aromatic carbocycles. The lowest BCUT2D eigenvalue weighted by Gasteiger charge is -2.15. The van der Waals surface area contributed by atoms with Crippen LogP contribution in [0.5, 0.6) is 0 Å². The molecule has 0 bridgehead atoms. The first-order valence-corrected chi connectivity index (χ1v) is 14.5. The molecule has 0 amide bonds. The summed E-state index contributed by atoms with van der Waals surface area (Å²) in [6.45, 7) is 15.9. The van der Waals surface area contributed by atoms with Crippen LogP contribution in [-0.2, 0) is 12.8 Å². The maximum Gasteiger partial charge on any atom is 0.133 e. The van der Waals surface area contributed by atoms with E-state index in [0.29, 0.717) is 24.1 Å². The molecular formula is C39H41FN4. The van der Waals surface area contributed by atoms with Crippen molar-refractivity contribution >= 4 is 16.8 Å². The van der Waals surface area contributed by atoms with Crippen molar-refractivity contribution in [2.45, 2.75) is 33.1 Å². The molecule has 3 aromatic rings. The number of terminal acetylenes is 1. The number of aromatic nitrogens is 2. The number of hydrogen-bond acceptors (Lipinski definition) is 3. The van der Waals surface area contributed by atoms with Gasteiger partial charge in [-0.15, -0.1) is 12.8 Å². The number of nitrogens with one attached hydrogen (secondary N) is 3. The molecule has 0 aliphatic heterocycles. The number of H-pyrrole nitrogens is 1. The lowest BCUT2D eigenvalue weighted by atomic mass is 9.98. The first-order valence-electron chi connectivity index (χ1n) is 14.5. The molecular weight excluding hydrogens is 543 g/mol. The Balaban J connectivity index is 0.00000259. The van der Waals surface area contributed by atoms with Crippen LogP contribution >= 0.6 is 0 Å². The summed E-state index contributed by atoms with van der Waals surface area (Å²) in [5.74, 6) is 0.490. The standard InChI is InChI=1S/C37H39FN4.C2H2/c1-7-15-32(29-18-13-14-19-29)37-26(5)41-36(42-37)23-30-22-33(34(38)24-35(30)39-6)28(8-2)21-31(9-3)40-25(4)20-27-16-11-10-12-17-27;1-2/h7-13,15-19,21-22,24,39-40H,1,3-4,14,20,23H2,2,5-6H3,(H,41,42);1-2H/b28-8+,31-21+,32-15-;. The quantitative estimate of drug-likeness (QED) is 0.139. The van der Waals surface area contributed by atoms with E-state index in [9.17, 15) is 0 Å². The topological polar surface area (TPSA) is 52.7 Å². The summed E-state index contributed by atoms with van der Waals surface area (Å²) in [6, 6.07) is 13.6. The van der Waals surface area contributed by atoms with Crippen LogP contribution in [0.3, 0.4) is 0 Å². The number of nitrogens with zero attached hydrogens (tertiary/aromatic N) is 1. The summed E-state index contributed by atoms with van der Waals surface area (Å²) < 4.78 is 15.5. The molecule has 0 atom stereocenters. The second-order valence-electron chi connectivity index (χ2n) is 10.1. The number of imidazole rings is 1. The fraction of sp³-hybridized carbons (Fsp3) is 0.154. The fourth-order valence-electron chi connectivity index (χ4n) is 5.08. The molecule has 0 spiro atoms. The van der Waals surface area contributed by atoms with Crippen molar-refractivity contribution in [2.24, 2.45) is 0 Å². The van der Waals surface area contributed by atoms with Crippen LogP contribution in [0.25, 0.3) is 11.1 Å². The van der Waals surface area contributed by atoms with Crippen LogP contribution in [0.1, 0.15) is 47.2 Å². The van der Waals surface area contributed by atoms with Gasteiger partial charge in [0, 0.05) is 53.8 Å². The van der Waals surface area contributed by atoms with E-state index in [1.807, 2.05) is 56.3 Å². The molecule has 5 heteroatoms. The van der Waals surface area contributed by atoms with E-state index in [-0.39, 0.29) is 5.82 Å². The summed E-state index contributed by atoms with van der Waals surface area (Å²) in [5, 5.41) is 6.49. The zero-order chi connectivity index (χ0) is 32.1. The van der Waals surface area contributed by atoms with Crippen LogP contribution in [0, 0.1) is 25.6 Å². The number of halogens is 1. The molecule has 0 unspecified atom stereocenters. The number of rotatable bonds is 13.